The highest BCUT2D eigenvalue weighted by atomic mass is 15.1. The average molecular weight is 221 g/mol. The van der Waals surface area contributed by atoms with Crippen molar-refractivity contribution in [1.29, 1.82) is 0 Å². The van der Waals surface area contributed by atoms with Gasteiger partial charge in [-0.2, -0.15) is 0 Å². The Labute approximate surface area is 96.1 Å². The highest BCUT2D eigenvalue weighted by molar-refractivity contribution is 5.35. The van der Waals surface area contributed by atoms with Crippen molar-refractivity contribution in [2.45, 2.75) is 13.3 Å². The summed E-state index contributed by atoms with van der Waals surface area (Å²) in [5.41, 5.74) is 5.47. The number of hydrogen-bond donors (Lipinski definition) is 2. The molecular formula is C11H19N5. The van der Waals surface area contributed by atoms with Gasteiger partial charge in [-0.25, -0.2) is 9.97 Å². The molecule has 1 aliphatic rings. The molecule has 0 amide bonds. The molecule has 1 aliphatic heterocycles. The Bertz CT molecular complexity index is 324. The molecule has 16 heavy (non-hydrogen) atoms. The van der Waals surface area contributed by atoms with Gasteiger partial charge < -0.3 is 16.0 Å². The Balaban J connectivity index is 1.77. The number of aromatic nitrogens is 2. The van der Waals surface area contributed by atoms with Crippen molar-refractivity contribution in [2.75, 3.05) is 37.2 Å². The van der Waals surface area contributed by atoms with E-state index in [9.17, 15) is 0 Å². The molecule has 0 aliphatic carbocycles. The third kappa shape index (κ3) is 2.82. The van der Waals surface area contributed by atoms with Gasteiger partial charge in [0.25, 0.3) is 0 Å². The lowest BCUT2D eigenvalue weighted by Crippen LogP contribution is -2.22. The molecule has 0 aromatic carbocycles. The van der Waals surface area contributed by atoms with E-state index >= 15 is 0 Å². The van der Waals surface area contributed by atoms with Crippen LogP contribution in [-0.4, -0.2) is 41.0 Å². The largest absolute Gasteiger partial charge is 0.382 e. The first-order valence-electron chi connectivity index (χ1n) is 5.81. The SMILES string of the molecule is CCN1CCC(CNc2cnc(N)cn2)C1. The van der Waals surface area contributed by atoms with E-state index in [1.54, 1.807) is 12.4 Å². The summed E-state index contributed by atoms with van der Waals surface area (Å²) in [7, 11) is 0. The van der Waals surface area contributed by atoms with Crippen LogP contribution in [0.4, 0.5) is 11.6 Å². The molecule has 0 spiro atoms. The summed E-state index contributed by atoms with van der Waals surface area (Å²) in [5.74, 6) is 1.99. The van der Waals surface area contributed by atoms with Crippen molar-refractivity contribution in [2.24, 2.45) is 5.92 Å². The summed E-state index contributed by atoms with van der Waals surface area (Å²) >= 11 is 0. The van der Waals surface area contributed by atoms with Crippen molar-refractivity contribution in [3.63, 3.8) is 0 Å². The zero-order chi connectivity index (χ0) is 11.4. The van der Waals surface area contributed by atoms with Crippen molar-refractivity contribution in [1.82, 2.24) is 14.9 Å². The van der Waals surface area contributed by atoms with Gasteiger partial charge in [0, 0.05) is 13.1 Å². The van der Waals surface area contributed by atoms with E-state index in [4.69, 9.17) is 5.73 Å². The first-order valence-corrected chi connectivity index (χ1v) is 5.81. The standard InChI is InChI=1S/C11H19N5/c1-2-16-4-3-9(8-16)5-14-11-7-13-10(12)6-15-11/h6-7,9H,2-5,8H2,1H3,(H2,12,13)(H,14,15). The fourth-order valence-electron chi connectivity index (χ4n) is 2.04. The van der Waals surface area contributed by atoms with Crippen molar-refractivity contribution in [3.05, 3.63) is 12.4 Å². The molecule has 1 saturated heterocycles. The Morgan fingerprint density at radius 2 is 2.38 bits per heavy atom. The van der Waals surface area contributed by atoms with Gasteiger partial charge >= 0.3 is 0 Å². The second-order valence-corrected chi connectivity index (χ2v) is 4.26. The molecule has 1 aromatic heterocycles. The Morgan fingerprint density at radius 3 is 3.00 bits per heavy atom. The van der Waals surface area contributed by atoms with E-state index < -0.39 is 0 Å². The summed E-state index contributed by atoms with van der Waals surface area (Å²) in [6.07, 6.45) is 4.53. The van der Waals surface area contributed by atoms with E-state index in [2.05, 4.69) is 27.1 Å². The topological polar surface area (TPSA) is 67.1 Å². The Kier molecular flexibility index (Phi) is 3.56. The van der Waals surface area contributed by atoms with Crippen LogP contribution in [0.5, 0.6) is 0 Å². The van der Waals surface area contributed by atoms with Gasteiger partial charge in [0.1, 0.15) is 11.6 Å². The molecule has 2 heterocycles. The predicted molar refractivity (Wildman–Crippen MR) is 65.2 cm³/mol. The molecular weight excluding hydrogens is 202 g/mol. The van der Waals surface area contributed by atoms with E-state index in [-0.39, 0.29) is 0 Å². The maximum Gasteiger partial charge on any atom is 0.144 e. The number of nitrogens with zero attached hydrogens (tertiary/aromatic N) is 3. The zero-order valence-corrected chi connectivity index (χ0v) is 9.69. The van der Waals surface area contributed by atoms with E-state index in [0.717, 1.165) is 24.8 Å². The normalized spacial score (nSPS) is 21.2. The van der Waals surface area contributed by atoms with E-state index in [1.807, 2.05) is 0 Å². The molecule has 0 bridgehead atoms. The van der Waals surface area contributed by atoms with E-state index in [0.29, 0.717) is 5.82 Å². The molecule has 5 heteroatoms. The number of anilines is 2. The second kappa shape index (κ2) is 5.12. The van der Waals surface area contributed by atoms with Gasteiger partial charge in [0.15, 0.2) is 0 Å². The number of nitrogens with one attached hydrogen (secondary N) is 1. The summed E-state index contributed by atoms with van der Waals surface area (Å²) in [6.45, 7) is 6.73. The number of likely N-dealkylation sites (tertiary alicyclic amines) is 1. The molecule has 3 N–H and O–H groups in total. The van der Waals surface area contributed by atoms with Crippen molar-refractivity contribution in [3.8, 4) is 0 Å². The smallest absolute Gasteiger partial charge is 0.144 e. The molecule has 1 unspecified atom stereocenters. The second-order valence-electron chi connectivity index (χ2n) is 4.26. The van der Waals surface area contributed by atoms with E-state index in [1.165, 1.54) is 19.5 Å². The quantitative estimate of drug-likeness (QED) is 0.787. The zero-order valence-electron chi connectivity index (χ0n) is 9.69. The number of rotatable bonds is 4. The number of hydrogen-bond acceptors (Lipinski definition) is 5. The monoisotopic (exact) mass is 221 g/mol. The number of nitrogens with two attached hydrogens (primary N) is 1. The molecule has 2 rings (SSSR count). The van der Waals surface area contributed by atoms with Crippen LogP contribution in [0.1, 0.15) is 13.3 Å². The Morgan fingerprint density at radius 1 is 1.50 bits per heavy atom. The van der Waals surface area contributed by atoms with Crippen molar-refractivity contribution >= 4 is 11.6 Å². The molecule has 88 valence electrons. The minimum Gasteiger partial charge on any atom is -0.382 e. The molecule has 1 fully saturated rings. The van der Waals surface area contributed by atoms with Crippen LogP contribution in [0, 0.1) is 5.92 Å². The summed E-state index contributed by atoms with van der Waals surface area (Å²) < 4.78 is 0. The fraction of sp³-hybridized carbons (Fsp3) is 0.636. The third-order valence-corrected chi connectivity index (χ3v) is 3.06. The first-order chi connectivity index (χ1) is 7.78. The van der Waals surface area contributed by atoms with Crippen LogP contribution in [0.2, 0.25) is 0 Å². The maximum atomic E-state index is 5.47. The maximum absolute atomic E-state index is 5.47. The fourth-order valence-corrected chi connectivity index (χ4v) is 2.04. The van der Waals surface area contributed by atoms with Crippen LogP contribution >= 0.6 is 0 Å². The highest BCUT2D eigenvalue weighted by Gasteiger charge is 2.20. The van der Waals surface area contributed by atoms with Crippen LogP contribution in [0.3, 0.4) is 0 Å². The first kappa shape index (κ1) is 11.1. The molecule has 5 nitrogen and oxygen atoms in total. The van der Waals surface area contributed by atoms with Gasteiger partial charge in [-0.05, 0) is 25.4 Å². The molecule has 1 aromatic rings. The van der Waals surface area contributed by atoms with Crippen LogP contribution in [-0.2, 0) is 0 Å². The van der Waals surface area contributed by atoms with Crippen molar-refractivity contribution < 1.29 is 0 Å². The van der Waals surface area contributed by atoms with Crippen LogP contribution in [0.15, 0.2) is 12.4 Å². The van der Waals surface area contributed by atoms with Gasteiger partial charge in [-0.1, -0.05) is 6.92 Å². The lowest BCUT2D eigenvalue weighted by Gasteiger charge is -2.13. The lowest BCUT2D eigenvalue weighted by molar-refractivity contribution is 0.345. The van der Waals surface area contributed by atoms with Gasteiger partial charge in [0.2, 0.25) is 0 Å². The molecule has 0 saturated carbocycles. The minimum absolute atomic E-state index is 0.462. The average Bonchev–Trinajstić information content (AvgIpc) is 2.76. The minimum atomic E-state index is 0.462. The molecule has 0 radical (unpaired) electrons. The lowest BCUT2D eigenvalue weighted by atomic mass is 10.1. The molecule has 1 atom stereocenters. The predicted octanol–water partition coefficient (Wildman–Crippen LogP) is 0.812. The van der Waals surface area contributed by atoms with Crippen LogP contribution < -0.4 is 11.1 Å². The summed E-state index contributed by atoms with van der Waals surface area (Å²) in [5, 5.41) is 3.30. The Hall–Kier alpha value is -1.36. The van der Waals surface area contributed by atoms with Gasteiger partial charge in [0.05, 0.1) is 12.4 Å². The van der Waals surface area contributed by atoms with Crippen LogP contribution in [0.25, 0.3) is 0 Å². The summed E-state index contributed by atoms with van der Waals surface area (Å²) in [4.78, 5) is 10.6. The highest BCUT2D eigenvalue weighted by Crippen LogP contribution is 2.16. The van der Waals surface area contributed by atoms with Gasteiger partial charge in [-0.15, -0.1) is 0 Å². The summed E-state index contributed by atoms with van der Waals surface area (Å²) in [6, 6.07) is 0. The van der Waals surface area contributed by atoms with Gasteiger partial charge in [-0.3, -0.25) is 0 Å². The number of nitrogen functional groups attached to an aromatic ring is 1. The third-order valence-electron chi connectivity index (χ3n) is 3.06.